The molecule has 0 bridgehead atoms. The molecular formula is C16H24N2O3S. The summed E-state index contributed by atoms with van der Waals surface area (Å²) in [5, 5.41) is 2.77. The van der Waals surface area contributed by atoms with Crippen LogP contribution >= 0.6 is 0 Å². The van der Waals surface area contributed by atoms with Gasteiger partial charge in [-0.1, -0.05) is 19.9 Å². The smallest absolute Gasteiger partial charge is 0.251 e. The Hall–Kier alpha value is -1.40. The number of piperidine rings is 1. The van der Waals surface area contributed by atoms with Crippen LogP contribution in [0.2, 0.25) is 0 Å². The Labute approximate surface area is 132 Å². The zero-order chi connectivity index (χ0) is 16.2. The zero-order valence-electron chi connectivity index (χ0n) is 13.2. The minimum Gasteiger partial charge on any atom is -0.352 e. The Morgan fingerprint density at radius 3 is 2.86 bits per heavy atom. The molecule has 0 aliphatic carbocycles. The van der Waals surface area contributed by atoms with Gasteiger partial charge in [-0.05, 0) is 43.4 Å². The van der Waals surface area contributed by atoms with Gasteiger partial charge >= 0.3 is 0 Å². The maximum absolute atomic E-state index is 12.7. The normalized spacial score (nSPS) is 19.8. The van der Waals surface area contributed by atoms with Gasteiger partial charge in [-0.2, -0.15) is 4.31 Å². The van der Waals surface area contributed by atoms with Gasteiger partial charge in [0, 0.05) is 25.2 Å². The molecule has 1 amide bonds. The summed E-state index contributed by atoms with van der Waals surface area (Å²) in [5.74, 6) is 0.144. The first-order valence-electron chi connectivity index (χ1n) is 7.83. The molecule has 1 aromatic carbocycles. The summed E-state index contributed by atoms with van der Waals surface area (Å²) in [4.78, 5) is 12.2. The Balaban J connectivity index is 2.22. The van der Waals surface area contributed by atoms with Gasteiger partial charge in [0.05, 0.1) is 4.90 Å². The van der Waals surface area contributed by atoms with Crippen molar-refractivity contribution in [1.29, 1.82) is 0 Å². The van der Waals surface area contributed by atoms with E-state index in [-0.39, 0.29) is 10.8 Å². The summed E-state index contributed by atoms with van der Waals surface area (Å²) in [6.45, 7) is 5.72. The van der Waals surface area contributed by atoms with Gasteiger partial charge in [0.1, 0.15) is 0 Å². The first kappa shape index (κ1) is 17.0. The van der Waals surface area contributed by atoms with Crippen LogP contribution in [0, 0.1) is 5.92 Å². The van der Waals surface area contributed by atoms with Crippen LogP contribution in [0.15, 0.2) is 29.2 Å². The summed E-state index contributed by atoms with van der Waals surface area (Å²) in [6.07, 6.45) is 2.79. The summed E-state index contributed by atoms with van der Waals surface area (Å²) in [6, 6.07) is 6.30. The third-order valence-corrected chi connectivity index (χ3v) is 5.75. The van der Waals surface area contributed by atoms with E-state index < -0.39 is 10.0 Å². The summed E-state index contributed by atoms with van der Waals surface area (Å²) in [7, 11) is -3.52. The second-order valence-corrected chi connectivity index (χ2v) is 7.83. The highest BCUT2D eigenvalue weighted by Gasteiger charge is 2.28. The van der Waals surface area contributed by atoms with Crippen LogP contribution in [0.3, 0.4) is 0 Å². The Morgan fingerprint density at radius 2 is 2.18 bits per heavy atom. The number of sulfonamides is 1. The van der Waals surface area contributed by atoms with E-state index in [9.17, 15) is 13.2 Å². The Kier molecular flexibility index (Phi) is 5.58. The van der Waals surface area contributed by atoms with Gasteiger partial charge in [-0.15, -0.1) is 0 Å². The molecular weight excluding hydrogens is 300 g/mol. The van der Waals surface area contributed by atoms with Crippen LogP contribution in [0.25, 0.3) is 0 Å². The molecule has 1 atom stereocenters. The fraction of sp³-hybridized carbons (Fsp3) is 0.562. The Morgan fingerprint density at radius 1 is 1.41 bits per heavy atom. The summed E-state index contributed by atoms with van der Waals surface area (Å²) >= 11 is 0. The van der Waals surface area contributed by atoms with E-state index in [0.717, 1.165) is 19.3 Å². The number of nitrogens with one attached hydrogen (secondary N) is 1. The van der Waals surface area contributed by atoms with Crippen LogP contribution < -0.4 is 5.32 Å². The number of carbonyl (C=O) groups is 1. The fourth-order valence-corrected chi connectivity index (χ4v) is 4.30. The highest BCUT2D eigenvalue weighted by Crippen LogP contribution is 2.23. The van der Waals surface area contributed by atoms with Crippen molar-refractivity contribution in [2.45, 2.75) is 38.0 Å². The number of nitrogens with zero attached hydrogens (tertiary/aromatic N) is 1. The summed E-state index contributed by atoms with van der Waals surface area (Å²) in [5.41, 5.74) is 0.389. The highest BCUT2D eigenvalue weighted by atomic mass is 32.2. The molecule has 1 N–H and O–H groups in total. The van der Waals surface area contributed by atoms with Gasteiger partial charge < -0.3 is 5.32 Å². The molecule has 1 saturated heterocycles. The molecule has 1 unspecified atom stereocenters. The van der Waals surface area contributed by atoms with E-state index in [1.807, 2.05) is 6.92 Å². The standard InChI is InChI=1S/C16H24N2O3S/c1-3-9-17-16(19)14-7-4-8-15(11-14)22(20,21)18-10-5-6-13(2)12-18/h4,7-8,11,13H,3,5-6,9-10,12H2,1-2H3,(H,17,19). The largest absolute Gasteiger partial charge is 0.352 e. The van der Waals surface area contributed by atoms with E-state index in [0.29, 0.717) is 31.1 Å². The SMILES string of the molecule is CCCNC(=O)c1cccc(S(=O)(=O)N2CCCC(C)C2)c1. The van der Waals surface area contributed by atoms with Crippen molar-refractivity contribution in [2.75, 3.05) is 19.6 Å². The molecule has 6 heteroatoms. The highest BCUT2D eigenvalue weighted by molar-refractivity contribution is 7.89. The van der Waals surface area contributed by atoms with Crippen LogP contribution in [-0.2, 0) is 10.0 Å². The van der Waals surface area contributed by atoms with Crippen LogP contribution in [0.1, 0.15) is 43.5 Å². The molecule has 1 aliphatic rings. The van der Waals surface area contributed by atoms with E-state index in [2.05, 4.69) is 12.2 Å². The molecule has 0 aromatic heterocycles. The van der Waals surface area contributed by atoms with Crippen LogP contribution in [0.4, 0.5) is 0 Å². The molecule has 0 spiro atoms. The van der Waals surface area contributed by atoms with Crippen molar-refractivity contribution in [2.24, 2.45) is 5.92 Å². The molecule has 1 fully saturated rings. The average Bonchev–Trinajstić information content (AvgIpc) is 2.52. The third kappa shape index (κ3) is 3.87. The van der Waals surface area contributed by atoms with Crippen molar-refractivity contribution in [3.8, 4) is 0 Å². The maximum Gasteiger partial charge on any atom is 0.251 e. The molecule has 122 valence electrons. The molecule has 1 aliphatic heterocycles. The lowest BCUT2D eigenvalue weighted by atomic mass is 10.0. The van der Waals surface area contributed by atoms with Gasteiger partial charge in [-0.25, -0.2) is 8.42 Å². The fourth-order valence-electron chi connectivity index (χ4n) is 2.65. The van der Waals surface area contributed by atoms with Crippen molar-refractivity contribution in [3.05, 3.63) is 29.8 Å². The van der Waals surface area contributed by atoms with Gasteiger partial charge in [0.25, 0.3) is 5.91 Å². The van der Waals surface area contributed by atoms with Crippen molar-refractivity contribution in [1.82, 2.24) is 9.62 Å². The van der Waals surface area contributed by atoms with Crippen LogP contribution in [0.5, 0.6) is 0 Å². The monoisotopic (exact) mass is 324 g/mol. The van der Waals surface area contributed by atoms with Crippen LogP contribution in [-0.4, -0.2) is 38.3 Å². The zero-order valence-corrected chi connectivity index (χ0v) is 14.0. The van der Waals surface area contributed by atoms with E-state index in [4.69, 9.17) is 0 Å². The van der Waals surface area contributed by atoms with Crippen molar-refractivity contribution in [3.63, 3.8) is 0 Å². The molecule has 0 saturated carbocycles. The lowest BCUT2D eigenvalue weighted by Crippen LogP contribution is -2.39. The minimum absolute atomic E-state index is 0.200. The van der Waals surface area contributed by atoms with Gasteiger partial charge in [-0.3, -0.25) is 4.79 Å². The van der Waals surface area contributed by atoms with Crippen molar-refractivity contribution >= 4 is 15.9 Å². The number of benzene rings is 1. The lowest BCUT2D eigenvalue weighted by Gasteiger charge is -2.30. The molecule has 1 heterocycles. The predicted molar refractivity (Wildman–Crippen MR) is 86.2 cm³/mol. The van der Waals surface area contributed by atoms with E-state index in [1.54, 1.807) is 18.2 Å². The first-order chi connectivity index (χ1) is 10.4. The van der Waals surface area contributed by atoms with Gasteiger partial charge in [0.15, 0.2) is 0 Å². The number of rotatable bonds is 5. The lowest BCUT2D eigenvalue weighted by molar-refractivity contribution is 0.0953. The minimum atomic E-state index is -3.52. The first-order valence-corrected chi connectivity index (χ1v) is 9.27. The molecule has 5 nitrogen and oxygen atoms in total. The molecule has 22 heavy (non-hydrogen) atoms. The molecule has 0 radical (unpaired) electrons. The van der Waals surface area contributed by atoms with Gasteiger partial charge in [0.2, 0.25) is 10.0 Å². The molecule has 1 aromatic rings. The maximum atomic E-state index is 12.7. The van der Waals surface area contributed by atoms with E-state index >= 15 is 0 Å². The predicted octanol–water partition coefficient (Wildman–Crippen LogP) is 2.25. The Bertz CT molecular complexity index is 628. The second-order valence-electron chi connectivity index (χ2n) is 5.89. The molecule has 2 rings (SSSR count). The number of amides is 1. The topological polar surface area (TPSA) is 66.5 Å². The number of hydrogen-bond donors (Lipinski definition) is 1. The second kappa shape index (κ2) is 7.24. The summed E-state index contributed by atoms with van der Waals surface area (Å²) < 4.78 is 27.0. The quantitative estimate of drug-likeness (QED) is 0.903. The average molecular weight is 324 g/mol. The van der Waals surface area contributed by atoms with E-state index in [1.165, 1.54) is 10.4 Å². The number of hydrogen-bond acceptors (Lipinski definition) is 3. The third-order valence-electron chi connectivity index (χ3n) is 3.89. The van der Waals surface area contributed by atoms with Crippen molar-refractivity contribution < 1.29 is 13.2 Å². The number of carbonyl (C=O) groups excluding carboxylic acids is 1.